The van der Waals surface area contributed by atoms with Crippen molar-refractivity contribution < 1.29 is 28.9 Å². The van der Waals surface area contributed by atoms with Crippen molar-refractivity contribution in [1.82, 2.24) is 0 Å². The summed E-state index contributed by atoms with van der Waals surface area (Å²) in [4.78, 5) is 24.3. The number of epoxide rings is 1. The fourth-order valence-electron chi connectivity index (χ4n) is 6.24. The highest BCUT2D eigenvalue weighted by atomic mass is 16.6. The van der Waals surface area contributed by atoms with E-state index in [1.165, 1.54) is 122 Å². The van der Waals surface area contributed by atoms with Crippen molar-refractivity contribution in [3.8, 4) is 0 Å². The summed E-state index contributed by atoms with van der Waals surface area (Å²) in [5.74, 6) is -0.658. The van der Waals surface area contributed by atoms with Crippen molar-refractivity contribution >= 4 is 11.9 Å². The predicted molar refractivity (Wildman–Crippen MR) is 209 cm³/mol. The van der Waals surface area contributed by atoms with Gasteiger partial charge in [0, 0.05) is 12.8 Å². The summed E-state index contributed by atoms with van der Waals surface area (Å²) in [5, 5.41) is 9.58. The van der Waals surface area contributed by atoms with Crippen molar-refractivity contribution in [3.63, 3.8) is 0 Å². The summed E-state index contributed by atoms with van der Waals surface area (Å²) < 4.78 is 16.3. The van der Waals surface area contributed by atoms with Gasteiger partial charge in [-0.25, -0.2) is 0 Å². The lowest BCUT2D eigenvalue weighted by Crippen LogP contribution is -2.28. The van der Waals surface area contributed by atoms with E-state index in [-0.39, 0.29) is 31.6 Å². The molecule has 0 saturated carbocycles. The van der Waals surface area contributed by atoms with Gasteiger partial charge in [0.15, 0.2) is 6.10 Å². The quantitative estimate of drug-likeness (QED) is 0.0300. The minimum Gasteiger partial charge on any atom is -0.462 e. The van der Waals surface area contributed by atoms with E-state index in [2.05, 4.69) is 50.3 Å². The molecule has 0 aromatic heterocycles. The molecule has 0 bridgehead atoms. The standard InChI is InChI=1S/C44H78O6/c1-3-5-7-9-11-13-14-15-16-17-18-19-20-21-23-25-27-32-36-43(46)48-39-40(38-45)49-44(47)37-33-29-28-31-35-42-41(50-42)34-30-26-24-22-12-10-8-6-4-2/h12,22,26,28,30-31,40-42,45H,3-11,13-21,23-25,27,29,32-39H2,1-2H3/b22-12-,30-26-,31-28-/t40-,41?,42?/m0/s1. The minimum absolute atomic E-state index is 0.0898. The molecular formula is C44H78O6. The Kier molecular flexibility index (Phi) is 32.7. The second kappa shape index (κ2) is 35.5. The maximum Gasteiger partial charge on any atom is 0.306 e. The van der Waals surface area contributed by atoms with Crippen LogP contribution in [-0.4, -0.2) is 48.6 Å². The van der Waals surface area contributed by atoms with Crippen LogP contribution in [0, 0.1) is 0 Å². The second-order valence-electron chi connectivity index (χ2n) is 14.5. The average Bonchev–Trinajstić information content (AvgIpc) is 3.87. The first-order valence-electron chi connectivity index (χ1n) is 21.2. The van der Waals surface area contributed by atoms with Crippen molar-refractivity contribution in [2.24, 2.45) is 0 Å². The average molecular weight is 703 g/mol. The van der Waals surface area contributed by atoms with Gasteiger partial charge in [-0.1, -0.05) is 172 Å². The number of hydrogen-bond acceptors (Lipinski definition) is 6. The molecule has 1 fully saturated rings. The Hall–Kier alpha value is -1.92. The lowest BCUT2D eigenvalue weighted by molar-refractivity contribution is -0.161. The van der Waals surface area contributed by atoms with Gasteiger partial charge in [-0.3, -0.25) is 9.59 Å². The van der Waals surface area contributed by atoms with Gasteiger partial charge in [0.2, 0.25) is 0 Å². The van der Waals surface area contributed by atoms with Gasteiger partial charge < -0.3 is 19.3 Å². The molecule has 0 aliphatic carbocycles. The largest absolute Gasteiger partial charge is 0.462 e. The molecule has 0 radical (unpaired) electrons. The zero-order valence-electron chi connectivity index (χ0n) is 32.6. The van der Waals surface area contributed by atoms with E-state index in [4.69, 9.17) is 14.2 Å². The molecule has 0 amide bonds. The van der Waals surface area contributed by atoms with E-state index in [1.807, 2.05) is 0 Å². The van der Waals surface area contributed by atoms with E-state index in [9.17, 15) is 14.7 Å². The zero-order valence-corrected chi connectivity index (χ0v) is 32.6. The van der Waals surface area contributed by atoms with Gasteiger partial charge in [0.1, 0.15) is 6.61 Å². The van der Waals surface area contributed by atoms with Gasteiger partial charge in [-0.05, 0) is 51.4 Å². The number of rotatable bonds is 37. The van der Waals surface area contributed by atoms with Gasteiger partial charge in [0.25, 0.3) is 0 Å². The van der Waals surface area contributed by atoms with Crippen LogP contribution < -0.4 is 0 Å². The van der Waals surface area contributed by atoms with Crippen molar-refractivity contribution in [2.75, 3.05) is 13.2 Å². The number of esters is 2. The van der Waals surface area contributed by atoms with Crippen LogP contribution >= 0.6 is 0 Å². The number of carbonyl (C=O) groups is 2. The molecule has 50 heavy (non-hydrogen) atoms. The van der Waals surface area contributed by atoms with E-state index in [0.717, 1.165) is 44.9 Å². The first-order valence-corrected chi connectivity index (χ1v) is 21.2. The maximum atomic E-state index is 12.2. The molecular weight excluding hydrogens is 624 g/mol. The topological polar surface area (TPSA) is 85.4 Å². The zero-order chi connectivity index (χ0) is 36.2. The Labute approximate surface area is 308 Å². The Morgan fingerprint density at radius 3 is 1.56 bits per heavy atom. The number of carbonyl (C=O) groups excluding carboxylic acids is 2. The van der Waals surface area contributed by atoms with Crippen LogP contribution in [0.4, 0.5) is 0 Å². The number of hydrogen-bond donors (Lipinski definition) is 1. The summed E-state index contributed by atoms with van der Waals surface area (Å²) in [5.41, 5.74) is 0. The van der Waals surface area contributed by atoms with E-state index < -0.39 is 6.10 Å². The smallest absolute Gasteiger partial charge is 0.306 e. The third-order valence-corrected chi connectivity index (χ3v) is 9.59. The summed E-state index contributed by atoms with van der Waals surface area (Å²) in [7, 11) is 0. The van der Waals surface area contributed by atoms with Crippen molar-refractivity contribution in [2.45, 2.75) is 218 Å². The van der Waals surface area contributed by atoms with Crippen LogP contribution in [0.25, 0.3) is 0 Å². The Morgan fingerprint density at radius 2 is 1.00 bits per heavy atom. The van der Waals surface area contributed by atoms with E-state index >= 15 is 0 Å². The summed E-state index contributed by atoms with van der Waals surface area (Å²) in [6.07, 6.45) is 46.7. The lowest BCUT2D eigenvalue weighted by Gasteiger charge is -2.15. The Morgan fingerprint density at radius 1 is 0.560 bits per heavy atom. The fourth-order valence-corrected chi connectivity index (χ4v) is 6.24. The summed E-state index contributed by atoms with van der Waals surface area (Å²) >= 11 is 0. The molecule has 6 heteroatoms. The highest BCUT2D eigenvalue weighted by Crippen LogP contribution is 2.29. The molecule has 1 aliphatic rings. The fraction of sp³-hybridized carbons (Fsp3) is 0.818. The second-order valence-corrected chi connectivity index (χ2v) is 14.5. The van der Waals surface area contributed by atoms with Crippen LogP contribution in [-0.2, 0) is 23.8 Å². The van der Waals surface area contributed by atoms with E-state index in [1.54, 1.807) is 0 Å². The Balaban J connectivity index is 1.90. The maximum absolute atomic E-state index is 12.2. The van der Waals surface area contributed by atoms with Crippen molar-refractivity contribution in [1.29, 1.82) is 0 Å². The SMILES string of the molecule is CCCCC/C=C\C/C=C\CC1OC1C/C=C\CCCC(=O)O[C@@H](CO)COC(=O)CCCCCCCCCCCCCCCCCCCC. The van der Waals surface area contributed by atoms with Crippen LogP contribution in [0.1, 0.15) is 200 Å². The van der Waals surface area contributed by atoms with Crippen LogP contribution in [0.2, 0.25) is 0 Å². The number of aliphatic hydroxyl groups is 1. The third-order valence-electron chi connectivity index (χ3n) is 9.59. The van der Waals surface area contributed by atoms with Gasteiger partial charge in [0.05, 0.1) is 18.8 Å². The molecule has 3 atom stereocenters. The number of unbranched alkanes of at least 4 members (excludes halogenated alkanes) is 21. The van der Waals surface area contributed by atoms with E-state index in [0.29, 0.717) is 25.0 Å². The summed E-state index contributed by atoms with van der Waals surface area (Å²) in [6.45, 7) is 4.06. The molecule has 290 valence electrons. The van der Waals surface area contributed by atoms with Crippen molar-refractivity contribution in [3.05, 3.63) is 36.5 Å². The van der Waals surface area contributed by atoms with Gasteiger partial charge in [-0.2, -0.15) is 0 Å². The lowest BCUT2D eigenvalue weighted by atomic mass is 10.0. The Bertz CT molecular complexity index is 865. The molecule has 2 unspecified atom stereocenters. The molecule has 1 heterocycles. The molecule has 1 saturated heterocycles. The van der Waals surface area contributed by atoms with Gasteiger partial charge in [-0.15, -0.1) is 0 Å². The monoisotopic (exact) mass is 703 g/mol. The molecule has 0 aromatic rings. The van der Waals surface area contributed by atoms with Gasteiger partial charge >= 0.3 is 11.9 Å². The highest BCUT2D eigenvalue weighted by Gasteiger charge is 2.35. The van der Waals surface area contributed by atoms with Crippen LogP contribution in [0.5, 0.6) is 0 Å². The third kappa shape index (κ3) is 30.9. The minimum atomic E-state index is -0.804. The first kappa shape index (κ1) is 46.1. The molecule has 0 spiro atoms. The number of allylic oxidation sites excluding steroid dienone is 4. The van der Waals surface area contributed by atoms with Crippen LogP contribution in [0.3, 0.4) is 0 Å². The molecule has 1 aliphatic heterocycles. The molecule has 1 rings (SSSR count). The first-order chi connectivity index (χ1) is 24.6. The molecule has 1 N–H and O–H groups in total. The number of aliphatic hydroxyl groups excluding tert-OH is 1. The highest BCUT2D eigenvalue weighted by molar-refractivity contribution is 5.70. The summed E-state index contributed by atoms with van der Waals surface area (Å²) in [6, 6.07) is 0. The molecule has 0 aromatic carbocycles. The van der Waals surface area contributed by atoms with Crippen LogP contribution in [0.15, 0.2) is 36.5 Å². The normalized spacial score (nSPS) is 16.5. The molecule has 6 nitrogen and oxygen atoms in total. The number of ether oxygens (including phenoxy) is 3. The predicted octanol–water partition coefficient (Wildman–Crippen LogP) is 12.2.